The van der Waals surface area contributed by atoms with Crippen molar-refractivity contribution < 1.29 is 4.74 Å². The van der Waals surface area contributed by atoms with Gasteiger partial charge in [-0.1, -0.05) is 23.8 Å². The molecule has 0 saturated heterocycles. The van der Waals surface area contributed by atoms with E-state index in [1.807, 2.05) is 24.3 Å². The molecule has 2 aromatic carbocycles. The van der Waals surface area contributed by atoms with Gasteiger partial charge in [0.25, 0.3) is 0 Å². The van der Waals surface area contributed by atoms with Crippen LogP contribution in [-0.4, -0.2) is 13.7 Å². The first-order chi connectivity index (χ1) is 10.0. The average Bonchev–Trinajstić information content (AvgIpc) is 2.45. The van der Waals surface area contributed by atoms with Gasteiger partial charge in [0.2, 0.25) is 0 Å². The zero-order chi connectivity index (χ0) is 15.4. The van der Waals surface area contributed by atoms with E-state index in [4.69, 9.17) is 10.5 Å². The molecule has 21 heavy (non-hydrogen) atoms. The van der Waals surface area contributed by atoms with E-state index >= 15 is 0 Å². The summed E-state index contributed by atoms with van der Waals surface area (Å²) in [6.07, 6.45) is 0. The van der Waals surface area contributed by atoms with Gasteiger partial charge in [0.05, 0.1) is 13.2 Å². The van der Waals surface area contributed by atoms with Crippen molar-refractivity contribution in [2.45, 2.75) is 26.8 Å². The monoisotopic (exact) mass is 284 g/mol. The summed E-state index contributed by atoms with van der Waals surface area (Å²) in [6.45, 7) is 6.95. The fraction of sp³-hybridized carbons (Fsp3) is 0.333. The van der Waals surface area contributed by atoms with Crippen LogP contribution in [0.1, 0.15) is 28.3 Å². The lowest BCUT2D eigenvalue weighted by atomic mass is 9.94. The molecular weight excluding hydrogens is 260 g/mol. The molecule has 0 bridgehead atoms. The number of hydrogen-bond donors (Lipinski definition) is 2. The number of anilines is 1. The molecule has 112 valence electrons. The Morgan fingerprint density at radius 1 is 1.10 bits per heavy atom. The van der Waals surface area contributed by atoms with Crippen molar-refractivity contribution in [2.75, 3.05) is 19.0 Å². The predicted octanol–water partition coefficient (Wildman–Crippen LogP) is 3.73. The molecule has 0 fully saturated rings. The second-order valence-electron chi connectivity index (χ2n) is 5.48. The van der Waals surface area contributed by atoms with Crippen molar-refractivity contribution in [1.29, 1.82) is 0 Å². The lowest BCUT2D eigenvalue weighted by Crippen LogP contribution is -2.22. The molecule has 0 aliphatic heterocycles. The molecule has 0 aromatic heterocycles. The molecule has 2 aromatic rings. The highest BCUT2D eigenvalue weighted by Gasteiger charge is 2.15. The standard InChI is InChI=1S/C18H24N2O/c1-12-8-13(2)18(14(3)9-12)17(11-19)20-15-6-5-7-16(10-15)21-4/h5-10,17,20H,11,19H2,1-4H3. The van der Waals surface area contributed by atoms with Crippen LogP contribution >= 0.6 is 0 Å². The van der Waals surface area contributed by atoms with Crippen LogP contribution in [0.2, 0.25) is 0 Å². The van der Waals surface area contributed by atoms with E-state index in [1.54, 1.807) is 7.11 Å². The third-order valence-corrected chi connectivity index (χ3v) is 3.73. The minimum atomic E-state index is 0.0951. The Kier molecular flexibility index (Phi) is 4.86. The summed E-state index contributed by atoms with van der Waals surface area (Å²) in [7, 11) is 1.67. The van der Waals surface area contributed by atoms with E-state index in [2.05, 4.69) is 38.2 Å². The second kappa shape index (κ2) is 6.64. The summed E-state index contributed by atoms with van der Waals surface area (Å²) < 4.78 is 5.27. The Hall–Kier alpha value is -2.00. The zero-order valence-corrected chi connectivity index (χ0v) is 13.2. The molecule has 0 spiro atoms. The van der Waals surface area contributed by atoms with Gasteiger partial charge in [-0.25, -0.2) is 0 Å². The van der Waals surface area contributed by atoms with E-state index in [9.17, 15) is 0 Å². The minimum Gasteiger partial charge on any atom is -0.497 e. The molecule has 3 heteroatoms. The van der Waals surface area contributed by atoms with Gasteiger partial charge < -0.3 is 15.8 Å². The zero-order valence-electron chi connectivity index (χ0n) is 13.2. The van der Waals surface area contributed by atoms with Gasteiger partial charge in [0.1, 0.15) is 5.75 Å². The summed E-state index contributed by atoms with van der Waals surface area (Å²) in [5.74, 6) is 0.841. The van der Waals surface area contributed by atoms with Crippen molar-refractivity contribution in [3.8, 4) is 5.75 Å². The Labute approximate surface area is 127 Å². The number of rotatable bonds is 5. The van der Waals surface area contributed by atoms with E-state index in [-0.39, 0.29) is 6.04 Å². The van der Waals surface area contributed by atoms with Crippen molar-refractivity contribution >= 4 is 5.69 Å². The number of hydrogen-bond acceptors (Lipinski definition) is 3. The highest BCUT2D eigenvalue weighted by molar-refractivity contribution is 5.52. The van der Waals surface area contributed by atoms with Gasteiger partial charge in [-0.2, -0.15) is 0 Å². The van der Waals surface area contributed by atoms with Gasteiger partial charge in [0, 0.05) is 18.3 Å². The van der Waals surface area contributed by atoms with Crippen LogP contribution < -0.4 is 15.8 Å². The minimum absolute atomic E-state index is 0.0951. The number of nitrogens with two attached hydrogens (primary N) is 1. The molecule has 0 aliphatic rings. The Morgan fingerprint density at radius 3 is 2.33 bits per heavy atom. The van der Waals surface area contributed by atoms with Crippen LogP contribution in [0, 0.1) is 20.8 Å². The fourth-order valence-electron chi connectivity index (χ4n) is 2.90. The highest BCUT2D eigenvalue weighted by Crippen LogP contribution is 2.27. The molecule has 2 rings (SSSR count). The number of methoxy groups -OCH3 is 1. The Balaban J connectivity index is 2.32. The molecular formula is C18H24N2O. The molecule has 0 aliphatic carbocycles. The highest BCUT2D eigenvalue weighted by atomic mass is 16.5. The molecule has 3 nitrogen and oxygen atoms in total. The largest absolute Gasteiger partial charge is 0.497 e. The smallest absolute Gasteiger partial charge is 0.120 e. The first-order valence-corrected chi connectivity index (χ1v) is 7.23. The van der Waals surface area contributed by atoms with Crippen LogP contribution in [0.25, 0.3) is 0 Å². The molecule has 1 unspecified atom stereocenters. The predicted molar refractivity (Wildman–Crippen MR) is 89.1 cm³/mol. The lowest BCUT2D eigenvalue weighted by molar-refractivity contribution is 0.415. The molecule has 3 N–H and O–H groups in total. The van der Waals surface area contributed by atoms with Crippen LogP contribution in [0.5, 0.6) is 5.75 Å². The summed E-state index contributed by atoms with van der Waals surface area (Å²) in [5, 5.41) is 3.52. The van der Waals surface area contributed by atoms with Gasteiger partial charge in [0.15, 0.2) is 0 Å². The van der Waals surface area contributed by atoms with Crippen LogP contribution in [0.3, 0.4) is 0 Å². The van der Waals surface area contributed by atoms with Gasteiger partial charge >= 0.3 is 0 Å². The summed E-state index contributed by atoms with van der Waals surface area (Å²) in [4.78, 5) is 0. The van der Waals surface area contributed by atoms with Crippen molar-refractivity contribution in [2.24, 2.45) is 5.73 Å². The summed E-state index contributed by atoms with van der Waals surface area (Å²) in [6, 6.07) is 12.4. The second-order valence-corrected chi connectivity index (χ2v) is 5.48. The third kappa shape index (κ3) is 3.56. The van der Waals surface area contributed by atoms with E-state index in [0.717, 1.165) is 11.4 Å². The number of aryl methyl sites for hydroxylation is 3. The third-order valence-electron chi connectivity index (χ3n) is 3.73. The first kappa shape index (κ1) is 15.4. The number of benzene rings is 2. The van der Waals surface area contributed by atoms with E-state index in [0.29, 0.717) is 6.54 Å². The Bertz CT molecular complexity index is 599. The van der Waals surface area contributed by atoms with E-state index in [1.165, 1.54) is 22.3 Å². The normalized spacial score (nSPS) is 12.0. The SMILES string of the molecule is COc1cccc(NC(CN)c2c(C)cc(C)cc2C)c1. The van der Waals surface area contributed by atoms with Crippen LogP contribution in [0.15, 0.2) is 36.4 Å². The van der Waals surface area contributed by atoms with Gasteiger partial charge in [-0.3, -0.25) is 0 Å². The Morgan fingerprint density at radius 2 is 1.76 bits per heavy atom. The topological polar surface area (TPSA) is 47.3 Å². The van der Waals surface area contributed by atoms with Crippen molar-refractivity contribution in [3.63, 3.8) is 0 Å². The quantitative estimate of drug-likeness (QED) is 0.879. The molecule has 1 atom stereocenters. The lowest BCUT2D eigenvalue weighted by Gasteiger charge is -2.23. The van der Waals surface area contributed by atoms with Crippen LogP contribution in [0.4, 0.5) is 5.69 Å². The molecule has 0 radical (unpaired) electrons. The van der Waals surface area contributed by atoms with E-state index < -0.39 is 0 Å². The maximum Gasteiger partial charge on any atom is 0.120 e. The molecule has 0 amide bonds. The maximum absolute atomic E-state index is 6.01. The summed E-state index contributed by atoms with van der Waals surface area (Å²) >= 11 is 0. The average molecular weight is 284 g/mol. The first-order valence-electron chi connectivity index (χ1n) is 7.23. The molecule has 0 heterocycles. The van der Waals surface area contributed by atoms with Crippen molar-refractivity contribution in [1.82, 2.24) is 0 Å². The molecule has 0 saturated carbocycles. The fourth-order valence-corrected chi connectivity index (χ4v) is 2.90. The van der Waals surface area contributed by atoms with Crippen LogP contribution in [-0.2, 0) is 0 Å². The summed E-state index contributed by atoms with van der Waals surface area (Å²) in [5.41, 5.74) is 12.1. The number of nitrogens with one attached hydrogen (secondary N) is 1. The van der Waals surface area contributed by atoms with Gasteiger partial charge in [-0.15, -0.1) is 0 Å². The van der Waals surface area contributed by atoms with Gasteiger partial charge in [-0.05, 0) is 49.6 Å². The number of ether oxygens (including phenoxy) is 1. The van der Waals surface area contributed by atoms with Crippen molar-refractivity contribution in [3.05, 3.63) is 58.7 Å². The maximum atomic E-state index is 6.01.